The van der Waals surface area contributed by atoms with Crippen LogP contribution in [0.25, 0.3) is 15.9 Å². The number of ether oxygens (including phenoxy) is 2. The van der Waals surface area contributed by atoms with Gasteiger partial charge in [-0.3, -0.25) is 10.1 Å². The second-order valence-electron chi connectivity index (χ2n) is 6.66. The third-order valence-corrected chi connectivity index (χ3v) is 5.50. The monoisotopic (exact) mass is 451 g/mol. The molecule has 0 unspecified atom stereocenters. The molecule has 0 bridgehead atoms. The van der Waals surface area contributed by atoms with Crippen molar-refractivity contribution in [2.24, 2.45) is 0 Å². The van der Waals surface area contributed by atoms with Crippen LogP contribution in [0.5, 0.6) is 5.75 Å². The molecule has 3 N–H and O–H groups in total. The Morgan fingerprint density at radius 1 is 1.12 bits per heavy atom. The summed E-state index contributed by atoms with van der Waals surface area (Å²) in [6.45, 7) is 4.47. The first-order chi connectivity index (χ1) is 15.5. The molecule has 1 amide bonds. The molecule has 0 saturated carbocycles. The van der Waals surface area contributed by atoms with Crippen molar-refractivity contribution < 1.29 is 19.1 Å². The third kappa shape index (κ3) is 4.26. The van der Waals surface area contributed by atoms with Crippen LogP contribution in [0.4, 0.5) is 10.9 Å². The fraction of sp³-hybridized carbons (Fsp3) is 0.182. The minimum absolute atomic E-state index is 0.168. The van der Waals surface area contributed by atoms with Crippen LogP contribution in [0.3, 0.4) is 0 Å². The van der Waals surface area contributed by atoms with E-state index in [1.165, 1.54) is 22.2 Å². The Kier molecular flexibility index (Phi) is 6.04. The van der Waals surface area contributed by atoms with Crippen LogP contribution < -0.4 is 15.8 Å². The lowest BCUT2D eigenvalue weighted by Gasteiger charge is -2.07. The predicted octanol–water partition coefficient (Wildman–Crippen LogP) is 3.89. The molecule has 2 aromatic carbocycles. The van der Waals surface area contributed by atoms with Crippen LogP contribution in [0.2, 0.25) is 0 Å². The van der Waals surface area contributed by atoms with E-state index in [0.717, 1.165) is 16.0 Å². The standard InChI is InChI=1S/C22H21N5O4S/c1-3-30-15-9-10-17-18(11-15)32-22(25-17)26-20(28)13-5-7-14(8-6-13)27-19(23)16(12-24-27)21(29)31-4-2/h5-12H,3-4,23H2,1-2H3,(H,25,26,28). The molecule has 0 aliphatic rings. The summed E-state index contributed by atoms with van der Waals surface area (Å²) >= 11 is 1.37. The van der Waals surface area contributed by atoms with Gasteiger partial charge in [-0.1, -0.05) is 11.3 Å². The highest BCUT2D eigenvalue weighted by Gasteiger charge is 2.17. The molecule has 2 aromatic heterocycles. The molecular weight excluding hydrogens is 430 g/mol. The molecular formula is C22H21N5O4S. The maximum absolute atomic E-state index is 12.7. The van der Waals surface area contributed by atoms with Gasteiger partial charge in [0.2, 0.25) is 0 Å². The lowest BCUT2D eigenvalue weighted by atomic mass is 10.2. The summed E-state index contributed by atoms with van der Waals surface area (Å²) in [7, 11) is 0. The van der Waals surface area contributed by atoms with E-state index >= 15 is 0 Å². The first kappa shape index (κ1) is 21.3. The lowest BCUT2D eigenvalue weighted by molar-refractivity contribution is 0.0527. The number of amides is 1. The first-order valence-electron chi connectivity index (χ1n) is 9.96. The van der Waals surface area contributed by atoms with Crippen molar-refractivity contribution in [3.63, 3.8) is 0 Å². The molecule has 10 heteroatoms. The summed E-state index contributed by atoms with van der Waals surface area (Å²) in [4.78, 5) is 29.0. The van der Waals surface area contributed by atoms with Gasteiger partial charge >= 0.3 is 5.97 Å². The van der Waals surface area contributed by atoms with Gasteiger partial charge < -0.3 is 15.2 Å². The number of hydrogen-bond acceptors (Lipinski definition) is 8. The van der Waals surface area contributed by atoms with Crippen LogP contribution >= 0.6 is 11.3 Å². The van der Waals surface area contributed by atoms with Gasteiger partial charge in [0.15, 0.2) is 5.13 Å². The number of carbonyl (C=O) groups is 2. The number of aromatic nitrogens is 3. The smallest absolute Gasteiger partial charge is 0.343 e. The Morgan fingerprint density at radius 3 is 2.62 bits per heavy atom. The highest BCUT2D eigenvalue weighted by Crippen LogP contribution is 2.29. The van der Waals surface area contributed by atoms with Gasteiger partial charge in [-0.2, -0.15) is 5.10 Å². The summed E-state index contributed by atoms with van der Waals surface area (Å²) in [5.74, 6) is 0.112. The SMILES string of the molecule is CCOC(=O)c1cnn(-c2ccc(C(=O)Nc3nc4ccc(OCC)cc4s3)cc2)c1N. The first-order valence-corrected chi connectivity index (χ1v) is 10.8. The number of nitrogens with zero attached hydrogens (tertiary/aromatic N) is 3. The Bertz CT molecular complexity index is 1280. The molecule has 164 valence electrons. The predicted molar refractivity (Wildman–Crippen MR) is 123 cm³/mol. The quantitative estimate of drug-likeness (QED) is 0.409. The zero-order valence-corrected chi connectivity index (χ0v) is 18.3. The number of esters is 1. The molecule has 32 heavy (non-hydrogen) atoms. The van der Waals surface area contributed by atoms with E-state index < -0.39 is 5.97 Å². The fourth-order valence-electron chi connectivity index (χ4n) is 3.07. The van der Waals surface area contributed by atoms with Gasteiger partial charge in [0.05, 0.1) is 35.3 Å². The Labute approximate surface area is 187 Å². The number of nitrogens with two attached hydrogens (primary N) is 1. The molecule has 4 rings (SSSR count). The second-order valence-corrected chi connectivity index (χ2v) is 7.69. The lowest BCUT2D eigenvalue weighted by Crippen LogP contribution is -2.12. The molecule has 0 spiro atoms. The second kappa shape index (κ2) is 9.06. The van der Waals surface area contributed by atoms with Gasteiger partial charge in [0.25, 0.3) is 5.91 Å². The Hall–Kier alpha value is -3.92. The van der Waals surface area contributed by atoms with E-state index in [1.807, 2.05) is 25.1 Å². The molecule has 0 saturated heterocycles. The van der Waals surface area contributed by atoms with Crippen LogP contribution in [0.1, 0.15) is 34.6 Å². The third-order valence-electron chi connectivity index (χ3n) is 4.57. The van der Waals surface area contributed by atoms with Gasteiger partial charge in [0.1, 0.15) is 17.1 Å². The zero-order chi connectivity index (χ0) is 22.7. The molecule has 0 radical (unpaired) electrons. The van der Waals surface area contributed by atoms with Crippen molar-refractivity contribution in [2.45, 2.75) is 13.8 Å². The van der Waals surface area contributed by atoms with Crippen LogP contribution in [0.15, 0.2) is 48.7 Å². The average molecular weight is 452 g/mol. The Balaban J connectivity index is 1.49. The largest absolute Gasteiger partial charge is 0.494 e. The van der Waals surface area contributed by atoms with Gasteiger partial charge in [-0.15, -0.1) is 0 Å². The maximum atomic E-state index is 12.7. The van der Waals surface area contributed by atoms with Gasteiger partial charge in [0, 0.05) is 5.56 Å². The van der Waals surface area contributed by atoms with E-state index in [4.69, 9.17) is 15.2 Å². The number of fused-ring (bicyclic) bond motifs is 1. The van der Waals surface area contributed by atoms with Crippen LogP contribution in [-0.2, 0) is 4.74 Å². The number of anilines is 2. The minimum Gasteiger partial charge on any atom is -0.494 e. The maximum Gasteiger partial charge on any atom is 0.343 e. The average Bonchev–Trinajstić information content (AvgIpc) is 3.36. The highest BCUT2D eigenvalue weighted by molar-refractivity contribution is 7.22. The van der Waals surface area contributed by atoms with E-state index in [2.05, 4.69) is 15.4 Å². The van der Waals surface area contributed by atoms with Crippen LogP contribution in [0, 0.1) is 0 Å². The molecule has 2 heterocycles. The molecule has 0 fully saturated rings. The number of carbonyl (C=O) groups excluding carboxylic acids is 2. The number of nitrogen functional groups attached to an aromatic ring is 1. The molecule has 0 aliphatic heterocycles. The van der Waals surface area contributed by atoms with Crippen LogP contribution in [-0.4, -0.2) is 39.9 Å². The summed E-state index contributed by atoms with van der Waals surface area (Å²) < 4.78 is 12.8. The molecule has 0 aliphatic carbocycles. The van der Waals surface area contributed by atoms with Crippen molar-refractivity contribution in [2.75, 3.05) is 24.3 Å². The normalized spacial score (nSPS) is 10.8. The van der Waals surface area contributed by atoms with Crippen molar-refractivity contribution in [1.82, 2.24) is 14.8 Å². The molecule has 9 nitrogen and oxygen atoms in total. The minimum atomic E-state index is -0.531. The fourth-order valence-corrected chi connectivity index (χ4v) is 3.96. The van der Waals surface area contributed by atoms with E-state index in [-0.39, 0.29) is 23.9 Å². The number of thiazole rings is 1. The highest BCUT2D eigenvalue weighted by atomic mass is 32.1. The molecule has 0 atom stereocenters. The number of benzene rings is 2. The summed E-state index contributed by atoms with van der Waals surface area (Å²) in [6.07, 6.45) is 1.36. The Morgan fingerprint density at radius 2 is 1.91 bits per heavy atom. The van der Waals surface area contributed by atoms with E-state index in [9.17, 15) is 9.59 Å². The summed E-state index contributed by atoms with van der Waals surface area (Å²) in [5.41, 5.74) is 8.07. The molecule has 4 aromatic rings. The zero-order valence-electron chi connectivity index (χ0n) is 17.5. The summed E-state index contributed by atoms with van der Waals surface area (Å²) in [5, 5.41) is 7.47. The number of rotatable bonds is 7. The van der Waals surface area contributed by atoms with Crippen molar-refractivity contribution in [3.05, 3.63) is 59.8 Å². The van der Waals surface area contributed by atoms with Gasteiger partial charge in [-0.25, -0.2) is 14.5 Å². The van der Waals surface area contributed by atoms with E-state index in [1.54, 1.807) is 31.2 Å². The van der Waals surface area contributed by atoms with Crippen molar-refractivity contribution in [1.29, 1.82) is 0 Å². The van der Waals surface area contributed by atoms with Crippen molar-refractivity contribution >= 4 is 44.4 Å². The van der Waals surface area contributed by atoms with E-state index in [0.29, 0.717) is 23.0 Å². The number of nitrogens with one attached hydrogen (secondary N) is 1. The number of hydrogen-bond donors (Lipinski definition) is 2. The van der Waals surface area contributed by atoms with Crippen molar-refractivity contribution in [3.8, 4) is 11.4 Å². The summed E-state index contributed by atoms with van der Waals surface area (Å²) in [6, 6.07) is 12.3. The topological polar surface area (TPSA) is 121 Å². The van der Waals surface area contributed by atoms with Gasteiger partial charge in [-0.05, 0) is 56.3 Å².